The highest BCUT2D eigenvalue weighted by Gasteiger charge is 2.49. The minimum Gasteiger partial charge on any atom is -0.493 e. The monoisotopic (exact) mass is 372 g/mol. The van der Waals surface area contributed by atoms with E-state index in [1.165, 1.54) is 0 Å². The average molecular weight is 372 g/mol. The van der Waals surface area contributed by atoms with Gasteiger partial charge in [-0.15, -0.1) is 0 Å². The molecule has 0 aromatic heterocycles. The predicted octanol–water partition coefficient (Wildman–Crippen LogP) is 3.02. The molecule has 1 unspecified atom stereocenters. The fourth-order valence-electron chi connectivity index (χ4n) is 4.21. The van der Waals surface area contributed by atoms with Crippen molar-refractivity contribution in [2.45, 2.75) is 45.6 Å². The number of ether oxygens (including phenoxy) is 2. The molecule has 6 heteroatoms. The number of rotatable bonds is 6. The van der Waals surface area contributed by atoms with Crippen molar-refractivity contribution < 1.29 is 19.1 Å². The number of methoxy groups -OCH3 is 2. The fourth-order valence-corrected chi connectivity index (χ4v) is 4.21. The molecular weight excluding hydrogens is 344 g/mol. The Bertz CT molecular complexity index is 759. The van der Waals surface area contributed by atoms with E-state index in [4.69, 9.17) is 9.47 Å². The minimum atomic E-state index is -0.585. The maximum atomic E-state index is 13.2. The summed E-state index contributed by atoms with van der Waals surface area (Å²) < 4.78 is 10.6. The lowest BCUT2D eigenvalue weighted by Gasteiger charge is -2.45. The number of fused-ring (bicyclic) bond motifs is 1. The second-order valence-corrected chi connectivity index (χ2v) is 7.07. The van der Waals surface area contributed by atoms with Crippen molar-refractivity contribution in [2.75, 3.05) is 20.8 Å². The molecule has 0 radical (unpaired) electrons. The number of hydrogen-bond acceptors (Lipinski definition) is 4. The largest absolute Gasteiger partial charge is 0.493 e. The van der Waals surface area contributed by atoms with E-state index in [0.29, 0.717) is 37.4 Å². The Hall–Kier alpha value is -2.50. The zero-order chi connectivity index (χ0) is 19.4. The molecule has 1 fully saturated rings. The summed E-state index contributed by atoms with van der Waals surface area (Å²) in [7, 11) is 3.19. The number of likely N-dealkylation sites (tertiary alicyclic amines) is 1. The Morgan fingerprint density at radius 1 is 1.22 bits per heavy atom. The lowest BCUT2D eigenvalue weighted by atomic mass is 9.69. The summed E-state index contributed by atoms with van der Waals surface area (Å²) in [4.78, 5) is 27.3. The van der Waals surface area contributed by atoms with Crippen LogP contribution < -0.4 is 14.8 Å². The van der Waals surface area contributed by atoms with Gasteiger partial charge in [0.2, 0.25) is 11.8 Å². The van der Waals surface area contributed by atoms with E-state index >= 15 is 0 Å². The standard InChI is InChI=1S/C21H28N2O4/c1-4-23-18-7-5-6-11-21(18,12-10-19(23)24)20(25)22-14-15-8-9-16(26-2)17(13-15)27-3/h7-9,13H,4-6,10-12,14H2,1-3H3,(H,22,25). The molecule has 1 aromatic carbocycles. The predicted molar refractivity (Wildman–Crippen MR) is 102 cm³/mol. The van der Waals surface area contributed by atoms with Gasteiger partial charge in [-0.1, -0.05) is 12.1 Å². The van der Waals surface area contributed by atoms with Gasteiger partial charge in [-0.2, -0.15) is 0 Å². The van der Waals surface area contributed by atoms with Gasteiger partial charge in [-0.05, 0) is 50.3 Å². The lowest BCUT2D eigenvalue weighted by Crippen LogP contribution is -2.52. The molecule has 1 aliphatic heterocycles. The highest BCUT2D eigenvalue weighted by atomic mass is 16.5. The number of nitrogens with one attached hydrogen (secondary N) is 1. The van der Waals surface area contributed by atoms with Crippen LogP contribution in [0.4, 0.5) is 0 Å². The van der Waals surface area contributed by atoms with Crippen LogP contribution in [-0.2, 0) is 16.1 Å². The number of carbonyl (C=O) groups excluding carboxylic acids is 2. The van der Waals surface area contributed by atoms with Gasteiger partial charge in [0.25, 0.3) is 0 Å². The molecule has 27 heavy (non-hydrogen) atoms. The number of amides is 2. The van der Waals surface area contributed by atoms with Crippen LogP contribution in [0.1, 0.15) is 44.6 Å². The van der Waals surface area contributed by atoms with E-state index in [-0.39, 0.29) is 11.8 Å². The summed E-state index contributed by atoms with van der Waals surface area (Å²) in [5, 5.41) is 3.09. The number of hydrogen-bond donors (Lipinski definition) is 1. The number of piperidine rings is 1. The van der Waals surface area contributed by atoms with Crippen LogP contribution in [0, 0.1) is 5.41 Å². The first-order valence-electron chi connectivity index (χ1n) is 9.56. The molecule has 2 aliphatic rings. The van der Waals surface area contributed by atoms with Gasteiger partial charge < -0.3 is 19.7 Å². The maximum Gasteiger partial charge on any atom is 0.232 e. The van der Waals surface area contributed by atoms with Crippen LogP contribution >= 0.6 is 0 Å². The minimum absolute atomic E-state index is 0.00850. The Morgan fingerprint density at radius 2 is 2.00 bits per heavy atom. The topological polar surface area (TPSA) is 67.9 Å². The zero-order valence-electron chi connectivity index (χ0n) is 16.3. The first kappa shape index (κ1) is 19.3. The van der Waals surface area contributed by atoms with Crippen molar-refractivity contribution >= 4 is 11.8 Å². The SMILES string of the molecule is CCN1C(=O)CCC2(C(=O)NCc3ccc(OC)c(OC)c3)CCCC=C12. The maximum absolute atomic E-state index is 13.2. The Kier molecular flexibility index (Phi) is 5.73. The lowest BCUT2D eigenvalue weighted by molar-refractivity contribution is -0.140. The van der Waals surface area contributed by atoms with E-state index < -0.39 is 5.41 Å². The Balaban J connectivity index is 1.78. The van der Waals surface area contributed by atoms with Gasteiger partial charge in [0.05, 0.1) is 19.6 Å². The fraction of sp³-hybridized carbons (Fsp3) is 0.524. The smallest absolute Gasteiger partial charge is 0.232 e. The van der Waals surface area contributed by atoms with Crippen LogP contribution in [0.2, 0.25) is 0 Å². The first-order chi connectivity index (χ1) is 13.1. The Labute approximate surface area is 160 Å². The summed E-state index contributed by atoms with van der Waals surface area (Å²) in [6, 6.07) is 5.62. The van der Waals surface area contributed by atoms with Crippen LogP contribution in [-0.4, -0.2) is 37.5 Å². The quantitative estimate of drug-likeness (QED) is 0.833. The molecular formula is C21H28N2O4. The van der Waals surface area contributed by atoms with Crippen molar-refractivity contribution in [2.24, 2.45) is 5.41 Å². The molecule has 1 aromatic rings. The van der Waals surface area contributed by atoms with Gasteiger partial charge in [0.15, 0.2) is 11.5 Å². The van der Waals surface area contributed by atoms with Crippen molar-refractivity contribution in [1.29, 1.82) is 0 Å². The van der Waals surface area contributed by atoms with Crippen molar-refractivity contribution in [3.63, 3.8) is 0 Å². The summed E-state index contributed by atoms with van der Waals surface area (Å²) in [6.07, 6.45) is 5.78. The number of nitrogens with zero attached hydrogens (tertiary/aromatic N) is 1. The molecule has 2 amide bonds. The molecule has 1 heterocycles. The van der Waals surface area contributed by atoms with Gasteiger partial charge in [0.1, 0.15) is 0 Å². The highest BCUT2D eigenvalue weighted by Crippen LogP contribution is 2.46. The van der Waals surface area contributed by atoms with Crippen molar-refractivity contribution in [3.8, 4) is 11.5 Å². The van der Waals surface area contributed by atoms with E-state index in [9.17, 15) is 9.59 Å². The molecule has 0 spiro atoms. The summed E-state index contributed by atoms with van der Waals surface area (Å²) in [5.41, 5.74) is 1.26. The molecule has 0 bridgehead atoms. The number of benzene rings is 1. The van der Waals surface area contributed by atoms with Crippen LogP contribution in [0.3, 0.4) is 0 Å². The Morgan fingerprint density at radius 3 is 2.70 bits per heavy atom. The number of allylic oxidation sites excluding steroid dienone is 1. The second-order valence-electron chi connectivity index (χ2n) is 7.07. The van der Waals surface area contributed by atoms with Crippen LogP contribution in [0.25, 0.3) is 0 Å². The van der Waals surface area contributed by atoms with Gasteiger partial charge >= 0.3 is 0 Å². The summed E-state index contributed by atoms with van der Waals surface area (Å²) >= 11 is 0. The van der Waals surface area contributed by atoms with Gasteiger partial charge in [0, 0.05) is 25.2 Å². The van der Waals surface area contributed by atoms with Gasteiger partial charge in [-0.25, -0.2) is 0 Å². The summed E-state index contributed by atoms with van der Waals surface area (Å²) in [6.45, 7) is 2.98. The number of carbonyl (C=O) groups is 2. The van der Waals surface area contributed by atoms with Crippen molar-refractivity contribution in [1.82, 2.24) is 10.2 Å². The zero-order valence-corrected chi connectivity index (χ0v) is 16.3. The third-order valence-corrected chi connectivity index (χ3v) is 5.65. The highest BCUT2D eigenvalue weighted by molar-refractivity contribution is 5.91. The first-order valence-corrected chi connectivity index (χ1v) is 9.56. The third kappa shape index (κ3) is 3.53. The van der Waals surface area contributed by atoms with Crippen molar-refractivity contribution in [3.05, 3.63) is 35.5 Å². The van der Waals surface area contributed by atoms with Crippen LogP contribution in [0.15, 0.2) is 30.0 Å². The molecule has 3 rings (SSSR count). The van der Waals surface area contributed by atoms with Crippen LogP contribution in [0.5, 0.6) is 11.5 Å². The van der Waals surface area contributed by atoms with E-state index in [1.54, 1.807) is 19.1 Å². The average Bonchev–Trinajstić information content (AvgIpc) is 2.71. The molecule has 1 atom stereocenters. The second kappa shape index (κ2) is 8.03. The van der Waals surface area contributed by atoms with E-state index in [2.05, 4.69) is 11.4 Å². The molecule has 6 nitrogen and oxygen atoms in total. The van der Waals surface area contributed by atoms with E-state index in [0.717, 1.165) is 30.5 Å². The molecule has 146 valence electrons. The van der Waals surface area contributed by atoms with E-state index in [1.807, 2.05) is 25.1 Å². The summed E-state index contributed by atoms with van der Waals surface area (Å²) in [5.74, 6) is 1.43. The molecule has 0 saturated carbocycles. The van der Waals surface area contributed by atoms with Gasteiger partial charge in [-0.3, -0.25) is 9.59 Å². The normalized spacial score (nSPS) is 22.0. The third-order valence-electron chi connectivity index (χ3n) is 5.65. The molecule has 1 saturated heterocycles. The molecule has 1 N–H and O–H groups in total. The molecule has 1 aliphatic carbocycles.